The van der Waals surface area contributed by atoms with E-state index in [9.17, 15) is 14.9 Å². The summed E-state index contributed by atoms with van der Waals surface area (Å²) in [5.74, 6) is 0.618. The zero-order valence-corrected chi connectivity index (χ0v) is 11.1. The number of nitrogens with zero attached hydrogens (tertiary/aromatic N) is 2. The zero-order chi connectivity index (χ0) is 14.5. The van der Waals surface area contributed by atoms with Gasteiger partial charge < -0.3 is 9.30 Å². The first-order valence-electron chi connectivity index (χ1n) is 5.79. The van der Waals surface area contributed by atoms with Crippen LogP contribution in [0.1, 0.15) is 0 Å². The fourth-order valence-electron chi connectivity index (χ4n) is 1.59. The Morgan fingerprint density at radius 3 is 2.55 bits per heavy atom. The minimum Gasteiger partial charge on any atom is -0.492 e. The number of halogens is 1. The number of rotatable bonds is 5. The monoisotopic (exact) mass is 294 g/mol. The van der Waals surface area contributed by atoms with E-state index in [-0.39, 0.29) is 24.4 Å². The standard InChI is InChI=1S/C13H11ClN2O4/c14-10-1-4-12(5-2-10)20-8-7-15-9-11(16(18)19)3-6-13(15)17/h1-6,9H,7-8H2. The van der Waals surface area contributed by atoms with Gasteiger partial charge in [0.2, 0.25) is 0 Å². The maximum atomic E-state index is 11.5. The van der Waals surface area contributed by atoms with Gasteiger partial charge in [0.1, 0.15) is 12.4 Å². The van der Waals surface area contributed by atoms with Crippen LogP contribution in [0, 0.1) is 10.1 Å². The van der Waals surface area contributed by atoms with Gasteiger partial charge in [-0.1, -0.05) is 11.6 Å². The van der Waals surface area contributed by atoms with Crippen molar-refractivity contribution in [1.29, 1.82) is 0 Å². The van der Waals surface area contributed by atoms with E-state index in [0.29, 0.717) is 10.8 Å². The molecule has 104 valence electrons. The molecule has 0 atom stereocenters. The van der Waals surface area contributed by atoms with E-state index in [2.05, 4.69) is 0 Å². The summed E-state index contributed by atoms with van der Waals surface area (Å²) < 4.78 is 6.68. The molecule has 2 aromatic rings. The van der Waals surface area contributed by atoms with Crippen LogP contribution in [0.5, 0.6) is 5.75 Å². The molecule has 0 unspecified atom stereocenters. The fraction of sp³-hybridized carbons (Fsp3) is 0.154. The first-order chi connectivity index (χ1) is 9.56. The second-order valence-electron chi connectivity index (χ2n) is 3.98. The number of nitro groups is 1. The van der Waals surface area contributed by atoms with Crippen molar-refractivity contribution in [2.24, 2.45) is 0 Å². The van der Waals surface area contributed by atoms with Crippen LogP contribution in [-0.4, -0.2) is 16.1 Å². The van der Waals surface area contributed by atoms with E-state index in [1.54, 1.807) is 24.3 Å². The van der Waals surface area contributed by atoms with Gasteiger partial charge in [0.25, 0.3) is 11.2 Å². The first-order valence-corrected chi connectivity index (χ1v) is 6.17. The van der Waals surface area contributed by atoms with Gasteiger partial charge in [0.05, 0.1) is 17.7 Å². The largest absolute Gasteiger partial charge is 0.492 e. The van der Waals surface area contributed by atoms with Gasteiger partial charge in [0, 0.05) is 17.2 Å². The highest BCUT2D eigenvalue weighted by atomic mass is 35.5. The van der Waals surface area contributed by atoms with Crippen molar-refractivity contribution in [2.75, 3.05) is 6.61 Å². The van der Waals surface area contributed by atoms with Crippen LogP contribution >= 0.6 is 11.6 Å². The van der Waals surface area contributed by atoms with E-state index in [1.165, 1.54) is 22.9 Å². The molecule has 0 fully saturated rings. The number of ether oxygens (including phenoxy) is 1. The lowest BCUT2D eigenvalue weighted by atomic mass is 10.3. The molecule has 7 heteroatoms. The second-order valence-corrected chi connectivity index (χ2v) is 4.41. The second kappa shape index (κ2) is 6.21. The third kappa shape index (κ3) is 3.58. The molecule has 0 spiro atoms. The number of hydrogen-bond acceptors (Lipinski definition) is 4. The van der Waals surface area contributed by atoms with Crippen LogP contribution in [0.25, 0.3) is 0 Å². The Kier molecular flexibility index (Phi) is 4.37. The lowest BCUT2D eigenvalue weighted by molar-refractivity contribution is -0.385. The smallest absolute Gasteiger partial charge is 0.285 e. The summed E-state index contributed by atoms with van der Waals surface area (Å²) in [4.78, 5) is 21.6. The zero-order valence-electron chi connectivity index (χ0n) is 10.4. The molecule has 0 N–H and O–H groups in total. The van der Waals surface area contributed by atoms with Crippen LogP contribution in [0.2, 0.25) is 5.02 Å². The number of hydrogen-bond donors (Lipinski definition) is 0. The highest BCUT2D eigenvalue weighted by molar-refractivity contribution is 6.30. The van der Waals surface area contributed by atoms with E-state index in [1.807, 2.05) is 0 Å². The third-order valence-corrected chi connectivity index (χ3v) is 2.85. The topological polar surface area (TPSA) is 74.4 Å². The lowest BCUT2D eigenvalue weighted by Crippen LogP contribution is -2.22. The van der Waals surface area contributed by atoms with Gasteiger partial charge in [-0.15, -0.1) is 0 Å². The predicted octanol–water partition coefficient (Wildman–Crippen LogP) is 2.49. The predicted molar refractivity (Wildman–Crippen MR) is 74.3 cm³/mol. The van der Waals surface area contributed by atoms with E-state index in [0.717, 1.165) is 0 Å². The van der Waals surface area contributed by atoms with Crippen LogP contribution in [0.4, 0.5) is 5.69 Å². The normalized spacial score (nSPS) is 10.2. The van der Waals surface area contributed by atoms with E-state index in [4.69, 9.17) is 16.3 Å². The maximum absolute atomic E-state index is 11.5. The van der Waals surface area contributed by atoms with Crippen molar-refractivity contribution in [2.45, 2.75) is 6.54 Å². The van der Waals surface area contributed by atoms with Crippen LogP contribution < -0.4 is 10.3 Å². The minimum atomic E-state index is -0.546. The molecule has 0 radical (unpaired) electrons. The summed E-state index contributed by atoms with van der Waals surface area (Å²) >= 11 is 5.74. The molecule has 0 amide bonds. The average Bonchev–Trinajstić information content (AvgIpc) is 2.43. The number of aromatic nitrogens is 1. The summed E-state index contributed by atoms with van der Waals surface area (Å²) in [7, 11) is 0. The average molecular weight is 295 g/mol. The molecule has 1 aromatic carbocycles. The number of pyridine rings is 1. The third-order valence-electron chi connectivity index (χ3n) is 2.59. The molecule has 1 heterocycles. The minimum absolute atomic E-state index is 0.129. The molecule has 0 saturated heterocycles. The molecule has 0 bridgehead atoms. The van der Waals surface area contributed by atoms with Crippen molar-refractivity contribution in [3.05, 3.63) is 68.1 Å². The molecular weight excluding hydrogens is 284 g/mol. The van der Waals surface area contributed by atoms with E-state index >= 15 is 0 Å². The Hall–Kier alpha value is -2.34. The van der Waals surface area contributed by atoms with Gasteiger partial charge in [0.15, 0.2) is 0 Å². The summed E-state index contributed by atoms with van der Waals surface area (Å²) in [6.45, 7) is 0.450. The molecule has 1 aromatic heterocycles. The van der Waals surface area contributed by atoms with Gasteiger partial charge in [-0.3, -0.25) is 14.9 Å². The van der Waals surface area contributed by atoms with Crippen molar-refractivity contribution in [3.8, 4) is 5.75 Å². The molecule has 0 aliphatic carbocycles. The quantitative estimate of drug-likeness (QED) is 0.627. The summed E-state index contributed by atoms with van der Waals surface area (Å²) in [6.07, 6.45) is 1.20. The molecule has 2 rings (SSSR count). The highest BCUT2D eigenvalue weighted by Gasteiger charge is 2.07. The van der Waals surface area contributed by atoms with E-state index < -0.39 is 4.92 Å². The highest BCUT2D eigenvalue weighted by Crippen LogP contribution is 2.15. The van der Waals surface area contributed by atoms with Gasteiger partial charge in [-0.2, -0.15) is 0 Å². The van der Waals surface area contributed by atoms with Crippen LogP contribution in [-0.2, 0) is 6.54 Å². The lowest BCUT2D eigenvalue weighted by Gasteiger charge is -2.08. The maximum Gasteiger partial charge on any atom is 0.285 e. The van der Waals surface area contributed by atoms with Crippen molar-refractivity contribution in [3.63, 3.8) is 0 Å². The first kappa shape index (κ1) is 14.1. The summed E-state index contributed by atoms with van der Waals surface area (Å²) in [5, 5.41) is 11.2. The summed E-state index contributed by atoms with van der Waals surface area (Å²) in [6, 6.07) is 9.14. The van der Waals surface area contributed by atoms with Crippen LogP contribution in [0.15, 0.2) is 47.4 Å². The molecule has 0 aliphatic rings. The van der Waals surface area contributed by atoms with Crippen molar-refractivity contribution < 1.29 is 9.66 Å². The van der Waals surface area contributed by atoms with Gasteiger partial charge in [-0.05, 0) is 24.3 Å². The molecule has 0 aliphatic heterocycles. The molecule has 0 saturated carbocycles. The van der Waals surface area contributed by atoms with Gasteiger partial charge >= 0.3 is 0 Å². The van der Waals surface area contributed by atoms with Gasteiger partial charge in [-0.25, -0.2) is 0 Å². The molecule has 20 heavy (non-hydrogen) atoms. The number of benzene rings is 1. The molecular formula is C13H11ClN2O4. The fourth-order valence-corrected chi connectivity index (χ4v) is 1.72. The Labute approximate surface area is 119 Å². The molecule has 6 nitrogen and oxygen atoms in total. The Balaban J connectivity index is 2.00. The Morgan fingerprint density at radius 2 is 1.90 bits per heavy atom. The Bertz CT molecular complexity index is 667. The SMILES string of the molecule is O=c1ccc([N+](=O)[O-])cn1CCOc1ccc(Cl)cc1. The van der Waals surface area contributed by atoms with Crippen molar-refractivity contribution in [1.82, 2.24) is 4.57 Å². The summed E-state index contributed by atoms with van der Waals surface area (Å²) in [5.41, 5.74) is -0.439. The van der Waals surface area contributed by atoms with Crippen LogP contribution in [0.3, 0.4) is 0 Å². The Morgan fingerprint density at radius 1 is 1.20 bits per heavy atom. The van der Waals surface area contributed by atoms with Crippen molar-refractivity contribution >= 4 is 17.3 Å².